The van der Waals surface area contributed by atoms with E-state index < -0.39 is 0 Å². The molecule has 20 heavy (non-hydrogen) atoms. The van der Waals surface area contributed by atoms with Gasteiger partial charge in [0.05, 0.1) is 17.1 Å². The Morgan fingerprint density at radius 2 is 2.10 bits per heavy atom. The van der Waals surface area contributed by atoms with E-state index in [-0.39, 0.29) is 4.99 Å². The number of nitrogens with two attached hydrogens (primary N) is 1. The highest BCUT2D eigenvalue weighted by Gasteiger charge is 2.13. The monoisotopic (exact) mass is 352 g/mol. The average molecular weight is 353 g/mol. The maximum absolute atomic E-state index is 5.80. The molecule has 0 aliphatic heterocycles. The summed E-state index contributed by atoms with van der Waals surface area (Å²) in [5.74, 6) is 1.74. The molecule has 0 spiro atoms. The largest absolute Gasteiger partial charge is 0.497 e. The van der Waals surface area contributed by atoms with Crippen LogP contribution in [0.2, 0.25) is 0 Å². The summed E-state index contributed by atoms with van der Waals surface area (Å²) >= 11 is 8.48. The van der Waals surface area contributed by atoms with Crippen molar-refractivity contribution in [3.8, 4) is 17.4 Å². The van der Waals surface area contributed by atoms with Gasteiger partial charge in [0.25, 0.3) is 0 Å². The summed E-state index contributed by atoms with van der Waals surface area (Å²) in [4.78, 5) is 4.46. The highest BCUT2D eigenvalue weighted by molar-refractivity contribution is 9.10. The lowest BCUT2D eigenvalue weighted by Gasteiger charge is -2.12. The molecule has 6 heteroatoms. The SMILES string of the molecule is COc1ccc(Oc2nccc(C)c2C(N)=S)c(Br)c1. The zero-order valence-electron chi connectivity index (χ0n) is 11.0. The second-order valence-electron chi connectivity index (χ2n) is 4.07. The average Bonchev–Trinajstić information content (AvgIpc) is 2.40. The number of thiocarbonyl (C=S) groups is 1. The number of aryl methyl sites for hydroxylation is 1. The molecule has 2 rings (SSSR count). The van der Waals surface area contributed by atoms with E-state index in [2.05, 4.69) is 20.9 Å². The lowest BCUT2D eigenvalue weighted by molar-refractivity contribution is 0.411. The molecule has 0 aliphatic carbocycles. The summed E-state index contributed by atoms with van der Waals surface area (Å²) in [5, 5.41) is 0. The molecule has 104 valence electrons. The maximum atomic E-state index is 5.80. The Morgan fingerprint density at radius 3 is 2.70 bits per heavy atom. The van der Waals surface area contributed by atoms with Crippen molar-refractivity contribution < 1.29 is 9.47 Å². The lowest BCUT2D eigenvalue weighted by Crippen LogP contribution is -2.13. The number of hydrogen-bond acceptors (Lipinski definition) is 4. The normalized spacial score (nSPS) is 10.2. The molecule has 0 radical (unpaired) electrons. The Morgan fingerprint density at radius 1 is 1.35 bits per heavy atom. The summed E-state index contributed by atoms with van der Waals surface area (Å²) in [6.07, 6.45) is 1.66. The summed E-state index contributed by atoms with van der Waals surface area (Å²) in [6, 6.07) is 7.24. The number of pyridine rings is 1. The van der Waals surface area contributed by atoms with Crippen LogP contribution in [0, 0.1) is 6.92 Å². The third kappa shape index (κ3) is 3.08. The molecular formula is C14H13BrN2O2S. The van der Waals surface area contributed by atoms with E-state index in [1.807, 2.05) is 19.1 Å². The van der Waals surface area contributed by atoms with Crippen LogP contribution in [0.5, 0.6) is 17.4 Å². The molecule has 0 fully saturated rings. The van der Waals surface area contributed by atoms with E-state index >= 15 is 0 Å². The Bertz CT molecular complexity index is 662. The number of benzene rings is 1. The Labute approximate surface area is 131 Å². The third-order valence-electron chi connectivity index (χ3n) is 2.72. The topological polar surface area (TPSA) is 57.4 Å². The van der Waals surface area contributed by atoms with Crippen LogP contribution in [-0.4, -0.2) is 17.1 Å². The maximum Gasteiger partial charge on any atom is 0.229 e. The molecule has 2 aromatic rings. The summed E-state index contributed by atoms with van der Waals surface area (Å²) in [7, 11) is 1.61. The number of rotatable bonds is 4. The molecule has 0 atom stereocenters. The van der Waals surface area contributed by atoms with Crippen LogP contribution in [0.4, 0.5) is 0 Å². The van der Waals surface area contributed by atoms with E-state index in [0.29, 0.717) is 17.2 Å². The first kappa shape index (κ1) is 14.7. The first-order valence-corrected chi connectivity index (χ1v) is 7.00. The highest BCUT2D eigenvalue weighted by Crippen LogP contribution is 2.33. The minimum atomic E-state index is 0.259. The van der Waals surface area contributed by atoms with Gasteiger partial charge in [-0.05, 0) is 52.7 Å². The lowest BCUT2D eigenvalue weighted by atomic mass is 10.1. The Kier molecular flexibility index (Phi) is 4.57. The minimum Gasteiger partial charge on any atom is -0.497 e. The van der Waals surface area contributed by atoms with Crippen molar-refractivity contribution in [1.29, 1.82) is 0 Å². The van der Waals surface area contributed by atoms with Crippen molar-refractivity contribution in [2.24, 2.45) is 5.73 Å². The van der Waals surface area contributed by atoms with Gasteiger partial charge in [0, 0.05) is 6.20 Å². The highest BCUT2D eigenvalue weighted by atomic mass is 79.9. The number of halogens is 1. The van der Waals surface area contributed by atoms with Crippen LogP contribution in [0.15, 0.2) is 34.9 Å². The van der Waals surface area contributed by atoms with Gasteiger partial charge in [0.15, 0.2) is 0 Å². The smallest absolute Gasteiger partial charge is 0.229 e. The van der Waals surface area contributed by atoms with E-state index in [1.165, 1.54) is 0 Å². The molecule has 0 unspecified atom stereocenters. The van der Waals surface area contributed by atoms with Crippen LogP contribution in [-0.2, 0) is 0 Å². The van der Waals surface area contributed by atoms with Crippen molar-refractivity contribution in [2.45, 2.75) is 6.92 Å². The molecule has 1 aromatic carbocycles. The van der Waals surface area contributed by atoms with Crippen LogP contribution in [0.3, 0.4) is 0 Å². The standard InChI is InChI=1S/C14H13BrN2O2S/c1-8-5-6-17-14(12(8)13(16)20)19-11-4-3-9(18-2)7-10(11)15/h3-7H,1-2H3,(H2,16,20). The van der Waals surface area contributed by atoms with Crippen LogP contribution >= 0.6 is 28.1 Å². The zero-order chi connectivity index (χ0) is 14.7. The van der Waals surface area contributed by atoms with Crippen molar-refractivity contribution in [3.63, 3.8) is 0 Å². The summed E-state index contributed by atoms with van der Waals surface area (Å²) in [6.45, 7) is 1.91. The van der Waals surface area contributed by atoms with E-state index in [4.69, 9.17) is 27.4 Å². The number of aromatic nitrogens is 1. The fourth-order valence-corrected chi connectivity index (χ4v) is 2.39. The summed E-state index contributed by atoms with van der Waals surface area (Å²) in [5.41, 5.74) is 7.30. The van der Waals surface area contributed by atoms with Crippen LogP contribution in [0.25, 0.3) is 0 Å². The Hall–Kier alpha value is -1.66. The van der Waals surface area contributed by atoms with Gasteiger partial charge < -0.3 is 15.2 Å². The van der Waals surface area contributed by atoms with Gasteiger partial charge in [0.2, 0.25) is 5.88 Å². The van der Waals surface area contributed by atoms with Crippen LogP contribution < -0.4 is 15.2 Å². The quantitative estimate of drug-likeness (QED) is 0.852. The number of methoxy groups -OCH3 is 1. The number of ether oxygens (including phenoxy) is 2. The Balaban J connectivity index is 2.40. The van der Waals surface area contributed by atoms with Gasteiger partial charge in [-0.3, -0.25) is 0 Å². The summed E-state index contributed by atoms with van der Waals surface area (Å²) < 4.78 is 11.7. The molecule has 2 N–H and O–H groups in total. The van der Waals surface area contributed by atoms with Crippen molar-refractivity contribution >= 4 is 33.1 Å². The number of nitrogens with zero attached hydrogens (tertiary/aromatic N) is 1. The van der Waals surface area contributed by atoms with Crippen molar-refractivity contribution in [2.75, 3.05) is 7.11 Å². The minimum absolute atomic E-state index is 0.259. The predicted octanol–water partition coefficient (Wildman–Crippen LogP) is 3.59. The molecule has 0 saturated heterocycles. The van der Waals surface area contributed by atoms with E-state index in [0.717, 1.165) is 15.8 Å². The second-order valence-corrected chi connectivity index (χ2v) is 5.36. The zero-order valence-corrected chi connectivity index (χ0v) is 13.4. The van der Waals surface area contributed by atoms with E-state index in [1.54, 1.807) is 25.4 Å². The van der Waals surface area contributed by atoms with Gasteiger partial charge in [-0.25, -0.2) is 4.98 Å². The molecule has 0 bridgehead atoms. The third-order valence-corrected chi connectivity index (χ3v) is 3.54. The molecule has 1 aromatic heterocycles. The van der Waals surface area contributed by atoms with Crippen LogP contribution in [0.1, 0.15) is 11.1 Å². The van der Waals surface area contributed by atoms with Gasteiger partial charge >= 0.3 is 0 Å². The first-order valence-electron chi connectivity index (χ1n) is 5.79. The van der Waals surface area contributed by atoms with Gasteiger partial charge in [-0.1, -0.05) is 12.2 Å². The number of hydrogen-bond donors (Lipinski definition) is 1. The first-order chi connectivity index (χ1) is 9.52. The van der Waals surface area contributed by atoms with Gasteiger partial charge in [-0.2, -0.15) is 0 Å². The molecule has 0 saturated carbocycles. The predicted molar refractivity (Wildman–Crippen MR) is 85.6 cm³/mol. The molecular weight excluding hydrogens is 340 g/mol. The fraction of sp³-hybridized carbons (Fsp3) is 0.143. The molecule has 0 aliphatic rings. The fourth-order valence-electron chi connectivity index (χ4n) is 1.71. The van der Waals surface area contributed by atoms with E-state index in [9.17, 15) is 0 Å². The van der Waals surface area contributed by atoms with Crippen molar-refractivity contribution in [3.05, 3.63) is 46.1 Å². The van der Waals surface area contributed by atoms with Gasteiger partial charge in [0.1, 0.15) is 16.5 Å². The van der Waals surface area contributed by atoms with Crippen molar-refractivity contribution in [1.82, 2.24) is 4.98 Å². The van der Waals surface area contributed by atoms with Gasteiger partial charge in [-0.15, -0.1) is 0 Å². The molecule has 0 amide bonds. The molecule has 1 heterocycles. The second kappa shape index (κ2) is 6.19. The molecule has 4 nitrogen and oxygen atoms in total.